The van der Waals surface area contributed by atoms with Gasteiger partial charge in [-0.2, -0.15) is 0 Å². The molecule has 0 amide bonds. The van der Waals surface area contributed by atoms with Crippen molar-refractivity contribution < 1.29 is 8.78 Å². The van der Waals surface area contributed by atoms with Crippen LogP contribution in [0, 0.1) is 24.5 Å². The molecule has 0 radical (unpaired) electrons. The molecule has 1 N–H and O–H groups in total. The van der Waals surface area contributed by atoms with Gasteiger partial charge in [-0.3, -0.25) is 4.90 Å². The molecule has 3 rings (SSSR count). The number of aryl methyl sites for hydroxylation is 1. The molecule has 23 heavy (non-hydrogen) atoms. The fourth-order valence-electron chi connectivity index (χ4n) is 2.77. The fourth-order valence-corrected chi connectivity index (χ4v) is 3.60. The molecule has 2 heterocycles. The van der Waals surface area contributed by atoms with Crippen LogP contribution in [0.15, 0.2) is 18.2 Å². The number of hydrogen-bond acceptors (Lipinski definition) is 4. The Labute approximate surface area is 139 Å². The van der Waals surface area contributed by atoms with Crippen LogP contribution in [0.5, 0.6) is 0 Å². The number of benzene rings is 1. The third-order valence-corrected chi connectivity index (χ3v) is 5.24. The van der Waals surface area contributed by atoms with Crippen LogP contribution in [0.4, 0.5) is 19.6 Å². The molecule has 124 valence electrons. The van der Waals surface area contributed by atoms with Gasteiger partial charge in [0.05, 0.1) is 11.4 Å². The van der Waals surface area contributed by atoms with Gasteiger partial charge in [0.2, 0.25) is 0 Å². The number of nitrogens with one attached hydrogen (secondary N) is 1. The van der Waals surface area contributed by atoms with Gasteiger partial charge in [0.25, 0.3) is 0 Å². The van der Waals surface area contributed by atoms with Gasteiger partial charge < -0.3 is 5.32 Å². The molecule has 1 aromatic heterocycles. The van der Waals surface area contributed by atoms with Crippen molar-refractivity contribution in [1.29, 1.82) is 0 Å². The standard InChI is InChI=1S/C17H21F2N3S/c1-11-5-7-22(8-6-11)10-16-12(2)23-17(21-16)20-15-4-3-13(18)9-14(15)19/h3-4,9,11H,5-8,10H2,1-2H3,(H,20,21). The summed E-state index contributed by atoms with van der Waals surface area (Å²) in [7, 11) is 0. The van der Waals surface area contributed by atoms with Crippen molar-refractivity contribution in [2.75, 3.05) is 18.4 Å². The lowest BCUT2D eigenvalue weighted by Gasteiger charge is -2.29. The van der Waals surface area contributed by atoms with E-state index in [1.807, 2.05) is 6.92 Å². The monoisotopic (exact) mass is 337 g/mol. The molecule has 0 aliphatic carbocycles. The highest BCUT2D eigenvalue weighted by atomic mass is 32.1. The Balaban J connectivity index is 1.68. The molecule has 0 saturated carbocycles. The van der Waals surface area contributed by atoms with E-state index < -0.39 is 11.6 Å². The van der Waals surface area contributed by atoms with E-state index >= 15 is 0 Å². The van der Waals surface area contributed by atoms with Gasteiger partial charge in [-0.15, -0.1) is 11.3 Å². The smallest absolute Gasteiger partial charge is 0.187 e. The number of piperidine rings is 1. The summed E-state index contributed by atoms with van der Waals surface area (Å²) in [6, 6.07) is 3.51. The van der Waals surface area contributed by atoms with E-state index in [9.17, 15) is 8.78 Å². The Hall–Kier alpha value is -1.53. The van der Waals surface area contributed by atoms with Gasteiger partial charge in [-0.05, 0) is 50.9 Å². The molecule has 1 aliphatic heterocycles. The predicted octanol–water partition coefficient (Wildman–Crippen LogP) is 4.71. The average molecular weight is 337 g/mol. The SMILES string of the molecule is Cc1sc(Nc2ccc(F)cc2F)nc1CN1CCC(C)CC1. The molecule has 0 atom stereocenters. The lowest BCUT2D eigenvalue weighted by Crippen LogP contribution is -2.32. The third-order valence-electron chi connectivity index (χ3n) is 4.32. The summed E-state index contributed by atoms with van der Waals surface area (Å²) < 4.78 is 26.7. The molecule has 0 spiro atoms. The molecule has 6 heteroatoms. The first-order valence-corrected chi connectivity index (χ1v) is 8.73. The number of thiazole rings is 1. The molecular formula is C17H21F2N3S. The van der Waals surface area contributed by atoms with E-state index in [1.165, 1.54) is 36.3 Å². The number of hydrogen-bond donors (Lipinski definition) is 1. The van der Waals surface area contributed by atoms with Crippen LogP contribution in [-0.4, -0.2) is 23.0 Å². The maximum absolute atomic E-state index is 13.7. The molecule has 1 fully saturated rings. The van der Waals surface area contributed by atoms with E-state index in [0.717, 1.165) is 42.2 Å². The normalized spacial score (nSPS) is 16.7. The van der Waals surface area contributed by atoms with Gasteiger partial charge in [0, 0.05) is 17.5 Å². The van der Waals surface area contributed by atoms with Crippen LogP contribution in [0.25, 0.3) is 0 Å². The first-order chi connectivity index (χ1) is 11.0. The van der Waals surface area contributed by atoms with E-state index in [4.69, 9.17) is 0 Å². The van der Waals surface area contributed by atoms with E-state index in [1.54, 1.807) is 0 Å². The second kappa shape index (κ2) is 6.93. The Morgan fingerprint density at radius 3 is 2.74 bits per heavy atom. The number of likely N-dealkylation sites (tertiary alicyclic amines) is 1. The van der Waals surface area contributed by atoms with Gasteiger partial charge in [0.15, 0.2) is 5.13 Å². The van der Waals surface area contributed by atoms with Crippen LogP contribution >= 0.6 is 11.3 Å². The van der Waals surface area contributed by atoms with Crippen LogP contribution in [-0.2, 0) is 6.54 Å². The molecular weight excluding hydrogens is 316 g/mol. The van der Waals surface area contributed by atoms with Crippen LogP contribution < -0.4 is 5.32 Å². The van der Waals surface area contributed by atoms with E-state index in [-0.39, 0.29) is 5.69 Å². The lowest BCUT2D eigenvalue weighted by atomic mass is 9.99. The summed E-state index contributed by atoms with van der Waals surface area (Å²) in [4.78, 5) is 8.14. The van der Waals surface area contributed by atoms with Crippen molar-refractivity contribution in [1.82, 2.24) is 9.88 Å². The first kappa shape index (κ1) is 16.3. The van der Waals surface area contributed by atoms with Gasteiger partial charge in [-0.25, -0.2) is 13.8 Å². The van der Waals surface area contributed by atoms with Crippen molar-refractivity contribution in [3.05, 3.63) is 40.4 Å². The van der Waals surface area contributed by atoms with Gasteiger partial charge in [0.1, 0.15) is 11.6 Å². The van der Waals surface area contributed by atoms with E-state index in [0.29, 0.717) is 5.13 Å². The third kappa shape index (κ3) is 4.06. The largest absolute Gasteiger partial charge is 0.329 e. The zero-order chi connectivity index (χ0) is 16.4. The number of halogens is 2. The Bertz CT molecular complexity index is 678. The maximum Gasteiger partial charge on any atom is 0.187 e. The van der Waals surface area contributed by atoms with Crippen LogP contribution in [0.2, 0.25) is 0 Å². The van der Waals surface area contributed by atoms with Crippen LogP contribution in [0.3, 0.4) is 0 Å². The van der Waals surface area contributed by atoms with Crippen LogP contribution in [0.1, 0.15) is 30.3 Å². The molecule has 0 bridgehead atoms. The Kier molecular flexibility index (Phi) is 4.92. The second-order valence-electron chi connectivity index (χ2n) is 6.23. The average Bonchev–Trinajstić information content (AvgIpc) is 2.84. The summed E-state index contributed by atoms with van der Waals surface area (Å²) in [5.41, 5.74) is 1.29. The van der Waals surface area contributed by atoms with Crippen molar-refractivity contribution in [3.8, 4) is 0 Å². The van der Waals surface area contributed by atoms with Crippen molar-refractivity contribution >= 4 is 22.2 Å². The first-order valence-electron chi connectivity index (χ1n) is 7.92. The summed E-state index contributed by atoms with van der Waals surface area (Å²) in [6.45, 7) is 7.38. The summed E-state index contributed by atoms with van der Waals surface area (Å²) in [5, 5.41) is 3.60. The molecule has 1 aromatic carbocycles. The minimum atomic E-state index is -0.607. The number of nitrogens with zero attached hydrogens (tertiary/aromatic N) is 2. The fraction of sp³-hybridized carbons (Fsp3) is 0.471. The second-order valence-corrected chi connectivity index (χ2v) is 7.43. The van der Waals surface area contributed by atoms with Crippen molar-refractivity contribution in [2.45, 2.75) is 33.2 Å². The Morgan fingerprint density at radius 1 is 1.30 bits per heavy atom. The highest BCUT2D eigenvalue weighted by molar-refractivity contribution is 7.15. The lowest BCUT2D eigenvalue weighted by molar-refractivity contribution is 0.183. The molecule has 2 aromatic rings. The number of anilines is 2. The summed E-state index contributed by atoms with van der Waals surface area (Å²) in [6.07, 6.45) is 2.46. The summed E-state index contributed by atoms with van der Waals surface area (Å²) >= 11 is 1.50. The van der Waals surface area contributed by atoms with Gasteiger partial charge >= 0.3 is 0 Å². The molecule has 3 nitrogen and oxygen atoms in total. The highest BCUT2D eigenvalue weighted by Crippen LogP contribution is 2.28. The highest BCUT2D eigenvalue weighted by Gasteiger charge is 2.18. The Morgan fingerprint density at radius 2 is 2.04 bits per heavy atom. The number of rotatable bonds is 4. The van der Waals surface area contributed by atoms with Crippen molar-refractivity contribution in [2.24, 2.45) is 5.92 Å². The summed E-state index contributed by atoms with van der Waals surface area (Å²) in [5.74, 6) is -0.380. The van der Waals surface area contributed by atoms with Gasteiger partial charge in [-0.1, -0.05) is 6.92 Å². The van der Waals surface area contributed by atoms with E-state index in [2.05, 4.69) is 22.1 Å². The number of aromatic nitrogens is 1. The van der Waals surface area contributed by atoms with Crippen molar-refractivity contribution in [3.63, 3.8) is 0 Å². The minimum absolute atomic E-state index is 0.249. The quantitative estimate of drug-likeness (QED) is 0.876. The zero-order valence-electron chi connectivity index (χ0n) is 13.4. The zero-order valence-corrected chi connectivity index (χ0v) is 14.2. The molecule has 0 unspecified atom stereocenters. The molecule has 1 aliphatic rings. The maximum atomic E-state index is 13.7. The predicted molar refractivity (Wildman–Crippen MR) is 90.2 cm³/mol. The topological polar surface area (TPSA) is 28.2 Å². The molecule has 1 saturated heterocycles. The minimum Gasteiger partial charge on any atom is -0.329 e.